The molecule has 2 aliphatic heterocycles. The van der Waals surface area contributed by atoms with Crippen LogP contribution in [0.5, 0.6) is 5.75 Å². The molecule has 0 aliphatic carbocycles. The van der Waals surface area contributed by atoms with Crippen molar-refractivity contribution in [2.75, 3.05) is 11.9 Å². The molecule has 31 heavy (non-hydrogen) atoms. The maximum Gasteiger partial charge on any atom is 0.267 e. The van der Waals surface area contributed by atoms with E-state index in [4.69, 9.17) is 0 Å². The molecule has 2 fully saturated rings. The zero-order valence-electron chi connectivity index (χ0n) is 17.7. The predicted octanol–water partition coefficient (Wildman–Crippen LogP) is 2.33. The summed E-state index contributed by atoms with van der Waals surface area (Å²) in [5, 5.41) is 27.1. The number of hydrogen-bond acceptors (Lipinski definition) is 7. The molecule has 2 aromatic heterocycles. The Labute approximate surface area is 180 Å². The van der Waals surface area contributed by atoms with Crippen LogP contribution in [-0.4, -0.2) is 50.3 Å². The molecule has 2 unspecified atom stereocenters. The normalized spacial score (nSPS) is 22.5. The van der Waals surface area contributed by atoms with Gasteiger partial charge in [-0.2, -0.15) is 5.10 Å². The first-order valence-corrected chi connectivity index (χ1v) is 10.7. The highest BCUT2D eigenvalue weighted by Crippen LogP contribution is 2.33. The van der Waals surface area contributed by atoms with Gasteiger partial charge in [0.05, 0.1) is 11.9 Å². The molecule has 2 saturated heterocycles. The molecule has 2 bridgehead atoms. The molecule has 8 heteroatoms. The van der Waals surface area contributed by atoms with Crippen molar-refractivity contribution in [3.8, 4) is 28.1 Å². The van der Waals surface area contributed by atoms with Crippen molar-refractivity contribution in [3.05, 3.63) is 52.9 Å². The summed E-state index contributed by atoms with van der Waals surface area (Å²) >= 11 is 0. The van der Waals surface area contributed by atoms with Gasteiger partial charge in [0.25, 0.3) is 5.56 Å². The summed E-state index contributed by atoms with van der Waals surface area (Å²) in [6.07, 6.45) is 6.41. The molecule has 0 radical (unpaired) electrons. The number of phenolic OH excluding ortho intramolecular Hbond substituents is 1. The fourth-order valence-corrected chi connectivity index (χ4v) is 4.74. The quantitative estimate of drug-likeness (QED) is 0.671. The molecule has 0 amide bonds. The first kappa shape index (κ1) is 19.7. The molecule has 3 aromatic rings. The third-order valence-corrected chi connectivity index (χ3v) is 6.58. The number of phenols is 1. The largest absolute Gasteiger partial charge is 0.507 e. The Morgan fingerprint density at radius 3 is 2.48 bits per heavy atom. The van der Waals surface area contributed by atoms with Gasteiger partial charge in [-0.1, -0.05) is 6.07 Å². The summed E-state index contributed by atoms with van der Waals surface area (Å²) in [4.78, 5) is 14.1. The Bertz CT molecular complexity index is 1150. The van der Waals surface area contributed by atoms with Crippen LogP contribution in [0.3, 0.4) is 0 Å². The lowest BCUT2D eigenvalue weighted by Crippen LogP contribution is -2.47. The Kier molecular flexibility index (Phi) is 4.94. The van der Waals surface area contributed by atoms with E-state index in [1.165, 1.54) is 23.6 Å². The molecule has 8 nitrogen and oxygen atoms in total. The van der Waals surface area contributed by atoms with Crippen LogP contribution >= 0.6 is 0 Å². The summed E-state index contributed by atoms with van der Waals surface area (Å²) in [7, 11) is 3.69. The average molecular weight is 419 g/mol. The number of anilines is 1. The third kappa shape index (κ3) is 3.79. The number of rotatable bonds is 4. The van der Waals surface area contributed by atoms with Crippen molar-refractivity contribution in [1.82, 2.24) is 25.3 Å². The van der Waals surface area contributed by atoms with Crippen molar-refractivity contribution < 1.29 is 5.11 Å². The fraction of sp³-hybridized carbons (Fsp3) is 0.391. The maximum atomic E-state index is 11.8. The van der Waals surface area contributed by atoms with Gasteiger partial charge < -0.3 is 15.3 Å². The smallest absolute Gasteiger partial charge is 0.267 e. The van der Waals surface area contributed by atoms with E-state index in [0.717, 1.165) is 24.2 Å². The van der Waals surface area contributed by atoms with E-state index in [1.54, 1.807) is 25.4 Å². The zero-order valence-corrected chi connectivity index (χ0v) is 17.7. The Balaban J connectivity index is 1.35. The second kappa shape index (κ2) is 7.77. The van der Waals surface area contributed by atoms with Crippen LogP contribution in [0.2, 0.25) is 0 Å². The highest BCUT2D eigenvalue weighted by atomic mass is 16.3. The molecule has 0 saturated carbocycles. The second-order valence-corrected chi connectivity index (χ2v) is 8.59. The minimum atomic E-state index is -0.201. The Morgan fingerprint density at radius 2 is 1.84 bits per heavy atom. The van der Waals surface area contributed by atoms with Gasteiger partial charge >= 0.3 is 0 Å². The lowest BCUT2D eigenvalue weighted by Gasteiger charge is -2.36. The zero-order chi connectivity index (χ0) is 21.5. The van der Waals surface area contributed by atoms with Crippen LogP contribution in [0.25, 0.3) is 22.4 Å². The lowest BCUT2D eigenvalue weighted by atomic mass is 9.98. The number of nitrogens with zero attached hydrogens (tertiary/aromatic N) is 5. The van der Waals surface area contributed by atoms with Crippen molar-refractivity contribution in [1.29, 1.82) is 0 Å². The number of hydrogen-bond donors (Lipinski definition) is 2. The van der Waals surface area contributed by atoms with E-state index in [1.807, 2.05) is 18.2 Å². The van der Waals surface area contributed by atoms with E-state index in [9.17, 15) is 9.90 Å². The van der Waals surface area contributed by atoms with Crippen LogP contribution < -0.4 is 15.8 Å². The topological polar surface area (TPSA) is 96.2 Å². The van der Waals surface area contributed by atoms with Crippen LogP contribution in [0.1, 0.15) is 25.7 Å². The van der Waals surface area contributed by atoms with Crippen LogP contribution in [0.4, 0.5) is 5.82 Å². The standard InChI is InChI=1S/C23H26N6O2/c1-28(18-11-16-4-5-17(12-18)25-16)22-8-7-20(26-27-22)19-6-3-14(9-21(19)30)15-10-23(31)29(2)24-13-15/h3,6-10,13,16-18,25,30H,4-5,11-12H2,1-2H3/t16-,17?,18?/m1/s1. The summed E-state index contributed by atoms with van der Waals surface area (Å²) in [5.41, 5.74) is 2.38. The minimum Gasteiger partial charge on any atom is -0.507 e. The number of fused-ring (bicyclic) bond motifs is 2. The van der Waals surface area contributed by atoms with E-state index in [-0.39, 0.29) is 11.3 Å². The number of nitrogens with one attached hydrogen (secondary N) is 1. The monoisotopic (exact) mass is 418 g/mol. The first-order valence-electron chi connectivity index (χ1n) is 10.7. The van der Waals surface area contributed by atoms with Crippen molar-refractivity contribution >= 4 is 5.82 Å². The molecule has 3 atom stereocenters. The van der Waals surface area contributed by atoms with Gasteiger partial charge in [0.2, 0.25) is 0 Å². The van der Waals surface area contributed by atoms with E-state index in [0.29, 0.717) is 34.9 Å². The van der Waals surface area contributed by atoms with Gasteiger partial charge in [-0.3, -0.25) is 4.79 Å². The van der Waals surface area contributed by atoms with Crippen molar-refractivity contribution in [2.45, 2.75) is 43.8 Å². The van der Waals surface area contributed by atoms with Gasteiger partial charge in [0.1, 0.15) is 5.75 Å². The Morgan fingerprint density at radius 1 is 1.06 bits per heavy atom. The molecular weight excluding hydrogens is 392 g/mol. The Hall–Kier alpha value is -3.26. The number of piperidine rings is 1. The van der Waals surface area contributed by atoms with Crippen LogP contribution in [-0.2, 0) is 7.05 Å². The van der Waals surface area contributed by atoms with E-state index >= 15 is 0 Å². The van der Waals surface area contributed by atoms with Crippen LogP contribution in [0, 0.1) is 0 Å². The van der Waals surface area contributed by atoms with E-state index < -0.39 is 0 Å². The number of aryl methyl sites for hydroxylation is 1. The van der Waals surface area contributed by atoms with Gasteiger partial charge in [-0.05, 0) is 55.5 Å². The summed E-state index contributed by atoms with van der Waals surface area (Å²) in [5.74, 6) is 0.931. The molecule has 5 rings (SSSR count). The second-order valence-electron chi connectivity index (χ2n) is 8.59. The molecule has 0 spiro atoms. The van der Waals surface area contributed by atoms with Crippen molar-refractivity contribution in [3.63, 3.8) is 0 Å². The van der Waals surface area contributed by atoms with Gasteiger partial charge in [0, 0.05) is 49.4 Å². The number of benzene rings is 1. The molecular formula is C23H26N6O2. The average Bonchev–Trinajstić information content (AvgIpc) is 3.12. The summed E-state index contributed by atoms with van der Waals surface area (Å²) in [6, 6.07) is 12.3. The molecule has 1 aromatic carbocycles. The highest BCUT2D eigenvalue weighted by molar-refractivity contribution is 5.74. The highest BCUT2D eigenvalue weighted by Gasteiger charge is 2.35. The maximum absolute atomic E-state index is 11.8. The predicted molar refractivity (Wildman–Crippen MR) is 119 cm³/mol. The molecule has 2 aliphatic rings. The summed E-state index contributed by atoms with van der Waals surface area (Å²) in [6.45, 7) is 0. The van der Waals surface area contributed by atoms with Crippen molar-refractivity contribution in [2.24, 2.45) is 7.05 Å². The third-order valence-electron chi connectivity index (χ3n) is 6.58. The minimum absolute atomic E-state index is 0.0866. The molecule has 2 N–H and O–H groups in total. The number of aromatic hydroxyl groups is 1. The lowest BCUT2D eigenvalue weighted by molar-refractivity contribution is 0.353. The number of aromatic nitrogens is 4. The van der Waals surface area contributed by atoms with Gasteiger partial charge in [-0.25, -0.2) is 4.68 Å². The van der Waals surface area contributed by atoms with E-state index in [2.05, 4.69) is 32.6 Å². The van der Waals surface area contributed by atoms with Crippen LogP contribution in [0.15, 0.2) is 47.4 Å². The summed E-state index contributed by atoms with van der Waals surface area (Å²) < 4.78 is 1.26. The fourth-order valence-electron chi connectivity index (χ4n) is 4.74. The molecule has 160 valence electrons. The van der Waals surface area contributed by atoms with Gasteiger partial charge in [0.15, 0.2) is 5.82 Å². The molecule has 4 heterocycles. The van der Waals surface area contributed by atoms with Gasteiger partial charge in [-0.15, -0.1) is 10.2 Å². The first-order chi connectivity index (χ1) is 15.0. The SMILES string of the molecule is CN(c1ccc(-c2ccc(-c3cnn(C)c(=O)c3)cc2O)nn1)C1CC2CC[C@H](C1)N2.